The summed E-state index contributed by atoms with van der Waals surface area (Å²) in [4.78, 5) is 10.8. The molecule has 0 radical (unpaired) electrons. The zero-order valence-electron chi connectivity index (χ0n) is 12.1. The fourth-order valence-corrected chi connectivity index (χ4v) is 2.42. The standard InChI is InChI=1S/C13H23ClN4S/c1-5-7-15-13-16-9-11(14)12(17-13)18(3)10(2)6-8-19-4/h9-10H,5-8H2,1-4H3,(H,15,16,17). The van der Waals surface area contributed by atoms with Crippen LogP contribution in [-0.4, -0.2) is 41.6 Å². The summed E-state index contributed by atoms with van der Waals surface area (Å²) in [6.07, 6.45) is 5.94. The number of aromatic nitrogens is 2. The molecule has 6 heteroatoms. The van der Waals surface area contributed by atoms with Crippen LogP contribution in [0.25, 0.3) is 0 Å². The Kier molecular flexibility index (Phi) is 7.31. The molecule has 1 heterocycles. The zero-order valence-corrected chi connectivity index (χ0v) is 13.7. The Bertz CT molecular complexity index is 389. The van der Waals surface area contributed by atoms with Crippen LogP contribution in [0.5, 0.6) is 0 Å². The van der Waals surface area contributed by atoms with E-state index < -0.39 is 0 Å². The molecule has 1 aromatic rings. The van der Waals surface area contributed by atoms with Gasteiger partial charge in [-0.1, -0.05) is 18.5 Å². The summed E-state index contributed by atoms with van der Waals surface area (Å²) in [6.45, 7) is 5.17. The monoisotopic (exact) mass is 302 g/mol. The highest BCUT2D eigenvalue weighted by atomic mass is 35.5. The van der Waals surface area contributed by atoms with Gasteiger partial charge in [0.05, 0.1) is 6.20 Å². The van der Waals surface area contributed by atoms with Crippen molar-refractivity contribution in [3.05, 3.63) is 11.2 Å². The van der Waals surface area contributed by atoms with E-state index in [9.17, 15) is 0 Å². The van der Waals surface area contributed by atoms with Gasteiger partial charge in [0.15, 0.2) is 5.82 Å². The highest BCUT2D eigenvalue weighted by molar-refractivity contribution is 7.98. The number of rotatable bonds is 8. The van der Waals surface area contributed by atoms with E-state index in [1.807, 2.05) is 18.8 Å². The topological polar surface area (TPSA) is 41.1 Å². The summed E-state index contributed by atoms with van der Waals surface area (Å²) >= 11 is 8.06. The fraction of sp³-hybridized carbons (Fsp3) is 0.692. The number of hydrogen-bond donors (Lipinski definition) is 1. The highest BCUT2D eigenvalue weighted by Gasteiger charge is 2.15. The lowest BCUT2D eigenvalue weighted by Gasteiger charge is -2.26. The van der Waals surface area contributed by atoms with Crippen molar-refractivity contribution in [3.8, 4) is 0 Å². The number of anilines is 2. The van der Waals surface area contributed by atoms with Crippen LogP contribution in [0, 0.1) is 0 Å². The second-order valence-corrected chi connectivity index (χ2v) is 5.93. The second-order valence-electron chi connectivity index (χ2n) is 4.53. The molecule has 1 aromatic heterocycles. The van der Waals surface area contributed by atoms with Crippen molar-refractivity contribution in [2.24, 2.45) is 0 Å². The highest BCUT2D eigenvalue weighted by Crippen LogP contribution is 2.25. The molecule has 4 nitrogen and oxygen atoms in total. The van der Waals surface area contributed by atoms with Gasteiger partial charge in [-0.15, -0.1) is 0 Å². The molecule has 0 aliphatic carbocycles. The van der Waals surface area contributed by atoms with Crippen LogP contribution in [0.3, 0.4) is 0 Å². The average molecular weight is 303 g/mol. The number of hydrogen-bond acceptors (Lipinski definition) is 5. The summed E-state index contributed by atoms with van der Waals surface area (Å²) in [5, 5.41) is 3.78. The van der Waals surface area contributed by atoms with Crippen molar-refractivity contribution >= 4 is 35.1 Å². The molecule has 19 heavy (non-hydrogen) atoms. The molecular weight excluding hydrogens is 280 g/mol. The summed E-state index contributed by atoms with van der Waals surface area (Å²) in [5.74, 6) is 2.57. The molecule has 0 fully saturated rings. The predicted octanol–water partition coefficient (Wildman–Crippen LogP) is 3.53. The van der Waals surface area contributed by atoms with E-state index in [1.54, 1.807) is 6.20 Å². The lowest BCUT2D eigenvalue weighted by molar-refractivity contribution is 0.661. The first-order chi connectivity index (χ1) is 9.10. The van der Waals surface area contributed by atoms with E-state index in [0.29, 0.717) is 17.0 Å². The molecule has 108 valence electrons. The Morgan fingerprint density at radius 3 is 2.89 bits per heavy atom. The van der Waals surface area contributed by atoms with E-state index in [-0.39, 0.29) is 0 Å². The number of halogens is 1. The Hall–Kier alpha value is -0.680. The minimum Gasteiger partial charge on any atom is -0.356 e. The first-order valence-corrected chi connectivity index (χ1v) is 8.35. The number of thioether (sulfide) groups is 1. The number of nitrogens with zero attached hydrogens (tertiary/aromatic N) is 3. The van der Waals surface area contributed by atoms with E-state index in [2.05, 4.69) is 40.3 Å². The van der Waals surface area contributed by atoms with Gasteiger partial charge < -0.3 is 10.2 Å². The van der Waals surface area contributed by atoms with Gasteiger partial charge in [-0.3, -0.25) is 0 Å². The maximum absolute atomic E-state index is 6.20. The van der Waals surface area contributed by atoms with Crippen LogP contribution in [0.15, 0.2) is 6.20 Å². The molecule has 0 saturated heterocycles. The van der Waals surface area contributed by atoms with Gasteiger partial charge in [0.1, 0.15) is 5.02 Å². The molecule has 1 atom stereocenters. The Morgan fingerprint density at radius 2 is 2.26 bits per heavy atom. The van der Waals surface area contributed by atoms with Gasteiger partial charge in [-0.05, 0) is 31.8 Å². The third kappa shape index (κ3) is 5.07. The summed E-state index contributed by atoms with van der Waals surface area (Å²) in [5.41, 5.74) is 0. The van der Waals surface area contributed by atoms with Crippen molar-refractivity contribution < 1.29 is 0 Å². The van der Waals surface area contributed by atoms with Crippen LogP contribution >= 0.6 is 23.4 Å². The molecule has 1 rings (SSSR count). The van der Waals surface area contributed by atoms with Gasteiger partial charge in [-0.2, -0.15) is 16.7 Å². The van der Waals surface area contributed by atoms with E-state index in [1.165, 1.54) is 0 Å². The van der Waals surface area contributed by atoms with E-state index >= 15 is 0 Å². The molecule has 0 bridgehead atoms. The molecule has 0 amide bonds. The van der Waals surface area contributed by atoms with Crippen LogP contribution in [0.4, 0.5) is 11.8 Å². The normalized spacial score (nSPS) is 12.3. The predicted molar refractivity (Wildman–Crippen MR) is 86.7 cm³/mol. The lowest BCUT2D eigenvalue weighted by Crippen LogP contribution is -2.30. The smallest absolute Gasteiger partial charge is 0.224 e. The Morgan fingerprint density at radius 1 is 1.53 bits per heavy atom. The van der Waals surface area contributed by atoms with Crippen molar-refractivity contribution in [2.75, 3.05) is 35.8 Å². The minimum absolute atomic E-state index is 0.402. The maximum atomic E-state index is 6.20. The van der Waals surface area contributed by atoms with E-state index in [0.717, 1.165) is 31.0 Å². The lowest BCUT2D eigenvalue weighted by atomic mass is 10.2. The Labute approximate surface area is 125 Å². The summed E-state index contributed by atoms with van der Waals surface area (Å²) in [7, 11) is 2.03. The first kappa shape index (κ1) is 16.4. The molecular formula is C13H23ClN4S. The molecule has 0 spiro atoms. The van der Waals surface area contributed by atoms with Crippen molar-refractivity contribution in [1.82, 2.24) is 9.97 Å². The van der Waals surface area contributed by atoms with Gasteiger partial charge in [-0.25, -0.2) is 4.98 Å². The largest absolute Gasteiger partial charge is 0.356 e. The quantitative estimate of drug-likeness (QED) is 0.795. The zero-order chi connectivity index (χ0) is 14.3. The second kappa shape index (κ2) is 8.48. The van der Waals surface area contributed by atoms with Crippen LogP contribution in [0.1, 0.15) is 26.7 Å². The van der Waals surface area contributed by atoms with Gasteiger partial charge in [0.25, 0.3) is 0 Å². The number of nitrogens with one attached hydrogen (secondary N) is 1. The summed E-state index contributed by atoms with van der Waals surface area (Å²) in [6, 6.07) is 0.402. The molecule has 0 saturated carbocycles. The molecule has 0 aromatic carbocycles. The molecule has 1 unspecified atom stereocenters. The molecule has 0 aliphatic heterocycles. The fourth-order valence-electron chi connectivity index (χ4n) is 1.62. The molecule has 1 N–H and O–H groups in total. The first-order valence-electron chi connectivity index (χ1n) is 6.58. The molecule has 0 aliphatic rings. The van der Waals surface area contributed by atoms with E-state index in [4.69, 9.17) is 11.6 Å². The van der Waals surface area contributed by atoms with Crippen molar-refractivity contribution in [3.63, 3.8) is 0 Å². The third-order valence-electron chi connectivity index (χ3n) is 2.99. The van der Waals surface area contributed by atoms with Crippen LogP contribution in [-0.2, 0) is 0 Å². The maximum Gasteiger partial charge on any atom is 0.224 e. The summed E-state index contributed by atoms with van der Waals surface area (Å²) < 4.78 is 0. The van der Waals surface area contributed by atoms with Crippen LogP contribution in [0.2, 0.25) is 5.02 Å². The van der Waals surface area contributed by atoms with Crippen molar-refractivity contribution in [2.45, 2.75) is 32.7 Å². The van der Waals surface area contributed by atoms with Crippen LogP contribution < -0.4 is 10.2 Å². The Balaban J connectivity index is 2.79. The average Bonchev–Trinajstić information content (AvgIpc) is 2.43. The SMILES string of the molecule is CCCNc1ncc(Cl)c(N(C)C(C)CCSC)n1. The van der Waals surface area contributed by atoms with Gasteiger partial charge in [0.2, 0.25) is 5.95 Å². The van der Waals surface area contributed by atoms with Crippen molar-refractivity contribution in [1.29, 1.82) is 0 Å². The third-order valence-corrected chi connectivity index (χ3v) is 3.90. The van der Waals surface area contributed by atoms with Gasteiger partial charge >= 0.3 is 0 Å². The minimum atomic E-state index is 0.402. The van der Waals surface area contributed by atoms with Gasteiger partial charge in [0, 0.05) is 19.6 Å².